The summed E-state index contributed by atoms with van der Waals surface area (Å²) >= 11 is 18.1. The third-order valence-corrected chi connectivity index (χ3v) is 5.00. The summed E-state index contributed by atoms with van der Waals surface area (Å²) in [5, 5.41) is 25.4. The van der Waals surface area contributed by atoms with Crippen LogP contribution in [-0.4, -0.2) is 50.8 Å². The SMILES string of the molecule is CC(=O)Cn1nnc(-c2cnn(-c3cn(Cc4cc(Cl)c(Cl)c(Cl)c4)nn3)c2)n1. The van der Waals surface area contributed by atoms with Crippen molar-refractivity contribution in [2.45, 2.75) is 20.0 Å². The number of ketones is 1. The number of Topliss-reactive ketones (excluding diaryl/α,β-unsaturated/α-hetero) is 1. The first-order valence-electron chi connectivity index (χ1n) is 8.25. The number of benzene rings is 1. The zero-order valence-electron chi connectivity index (χ0n) is 14.9. The summed E-state index contributed by atoms with van der Waals surface area (Å²) in [6.45, 7) is 1.92. The molecule has 0 aliphatic rings. The monoisotopic (exact) mass is 451 g/mol. The minimum absolute atomic E-state index is 0.0637. The van der Waals surface area contributed by atoms with Crippen molar-refractivity contribution < 1.29 is 4.79 Å². The molecular formula is C16H12Cl3N9O. The molecule has 1 aromatic carbocycles. The second kappa shape index (κ2) is 7.90. The van der Waals surface area contributed by atoms with Gasteiger partial charge in [-0.05, 0) is 29.8 Å². The fourth-order valence-electron chi connectivity index (χ4n) is 2.55. The van der Waals surface area contributed by atoms with Gasteiger partial charge in [0, 0.05) is 6.20 Å². The van der Waals surface area contributed by atoms with E-state index in [1.165, 1.54) is 16.4 Å². The van der Waals surface area contributed by atoms with E-state index in [1.807, 2.05) is 0 Å². The Labute approximate surface area is 179 Å². The van der Waals surface area contributed by atoms with Gasteiger partial charge in [0.05, 0.1) is 39.6 Å². The van der Waals surface area contributed by atoms with E-state index in [4.69, 9.17) is 34.8 Å². The molecule has 148 valence electrons. The first kappa shape index (κ1) is 19.5. The van der Waals surface area contributed by atoms with E-state index in [-0.39, 0.29) is 12.3 Å². The standard InChI is InChI=1S/C16H12Cl3N9O/c1-9(29)5-28-23-16(22-25-28)11-4-20-27(7-11)14-8-26(24-21-14)6-10-2-12(17)15(19)13(18)3-10/h2-4,7-8H,5-6H2,1H3. The Morgan fingerprint density at radius 1 is 1.07 bits per heavy atom. The van der Waals surface area contributed by atoms with Gasteiger partial charge in [-0.25, -0.2) is 9.36 Å². The highest BCUT2D eigenvalue weighted by Gasteiger charge is 2.13. The van der Waals surface area contributed by atoms with E-state index >= 15 is 0 Å². The molecule has 0 fully saturated rings. The largest absolute Gasteiger partial charge is 0.298 e. The topological polar surface area (TPSA) is 109 Å². The summed E-state index contributed by atoms with van der Waals surface area (Å²) in [6, 6.07) is 3.44. The minimum atomic E-state index is -0.0653. The molecule has 0 spiro atoms. The molecule has 3 aromatic heterocycles. The summed E-state index contributed by atoms with van der Waals surface area (Å²) in [6.07, 6.45) is 4.99. The predicted octanol–water partition coefficient (Wildman–Crippen LogP) is 2.71. The van der Waals surface area contributed by atoms with Crippen molar-refractivity contribution in [3.05, 3.63) is 51.4 Å². The lowest BCUT2D eigenvalue weighted by Gasteiger charge is -2.05. The summed E-state index contributed by atoms with van der Waals surface area (Å²) in [5.41, 5.74) is 1.46. The van der Waals surface area contributed by atoms with E-state index in [1.54, 1.807) is 35.4 Å². The molecule has 0 aliphatic heterocycles. The second-order valence-electron chi connectivity index (χ2n) is 6.17. The van der Waals surface area contributed by atoms with Crippen LogP contribution in [0.25, 0.3) is 17.2 Å². The Morgan fingerprint density at radius 3 is 2.55 bits per heavy atom. The van der Waals surface area contributed by atoms with Crippen molar-refractivity contribution in [2.24, 2.45) is 0 Å². The normalized spacial score (nSPS) is 11.2. The third kappa shape index (κ3) is 4.29. The number of halogens is 3. The van der Waals surface area contributed by atoms with Crippen LogP contribution >= 0.6 is 34.8 Å². The Morgan fingerprint density at radius 2 is 1.83 bits per heavy atom. The van der Waals surface area contributed by atoms with Crippen molar-refractivity contribution >= 4 is 40.6 Å². The smallest absolute Gasteiger partial charge is 0.208 e. The van der Waals surface area contributed by atoms with E-state index in [0.717, 1.165) is 5.56 Å². The first-order valence-corrected chi connectivity index (χ1v) is 9.38. The fourth-order valence-corrected chi connectivity index (χ4v) is 3.19. The van der Waals surface area contributed by atoms with Gasteiger partial charge in [-0.15, -0.1) is 15.3 Å². The average Bonchev–Trinajstić information content (AvgIpc) is 3.39. The summed E-state index contributed by atoms with van der Waals surface area (Å²) in [7, 11) is 0. The van der Waals surface area contributed by atoms with Crippen LogP contribution in [0.1, 0.15) is 12.5 Å². The summed E-state index contributed by atoms with van der Waals surface area (Å²) in [4.78, 5) is 12.4. The molecule has 0 aliphatic carbocycles. The number of carbonyl (C=O) groups is 1. The molecule has 0 unspecified atom stereocenters. The lowest BCUT2D eigenvalue weighted by molar-refractivity contribution is -0.117. The molecule has 29 heavy (non-hydrogen) atoms. The van der Waals surface area contributed by atoms with Crippen LogP contribution in [-0.2, 0) is 17.9 Å². The number of nitrogens with zero attached hydrogens (tertiary/aromatic N) is 9. The lowest BCUT2D eigenvalue weighted by Crippen LogP contribution is -2.09. The average molecular weight is 453 g/mol. The Balaban J connectivity index is 1.52. The zero-order chi connectivity index (χ0) is 20.5. The minimum Gasteiger partial charge on any atom is -0.298 e. The first-order chi connectivity index (χ1) is 13.9. The summed E-state index contributed by atoms with van der Waals surface area (Å²) in [5.74, 6) is 0.790. The number of hydrogen-bond acceptors (Lipinski definition) is 7. The van der Waals surface area contributed by atoms with Gasteiger partial charge in [-0.3, -0.25) is 4.79 Å². The fraction of sp³-hybridized carbons (Fsp3) is 0.188. The molecule has 13 heteroatoms. The van der Waals surface area contributed by atoms with Gasteiger partial charge in [0.25, 0.3) is 0 Å². The van der Waals surface area contributed by atoms with Crippen LogP contribution in [0.15, 0.2) is 30.7 Å². The number of carbonyl (C=O) groups excluding carboxylic acids is 1. The maximum atomic E-state index is 11.2. The van der Waals surface area contributed by atoms with Gasteiger partial charge in [-0.1, -0.05) is 40.0 Å². The third-order valence-electron chi connectivity index (χ3n) is 3.81. The van der Waals surface area contributed by atoms with Crippen molar-refractivity contribution in [1.29, 1.82) is 0 Å². The van der Waals surface area contributed by atoms with Crippen LogP contribution in [0.2, 0.25) is 15.1 Å². The van der Waals surface area contributed by atoms with E-state index in [9.17, 15) is 4.79 Å². The van der Waals surface area contributed by atoms with Gasteiger partial charge in [0.15, 0.2) is 11.6 Å². The maximum Gasteiger partial charge on any atom is 0.208 e. The van der Waals surface area contributed by atoms with Gasteiger partial charge >= 0.3 is 0 Å². The van der Waals surface area contributed by atoms with Crippen LogP contribution in [0.5, 0.6) is 0 Å². The van der Waals surface area contributed by atoms with Crippen LogP contribution in [0, 0.1) is 0 Å². The van der Waals surface area contributed by atoms with Crippen LogP contribution in [0.4, 0.5) is 0 Å². The highest BCUT2D eigenvalue weighted by molar-refractivity contribution is 6.48. The molecule has 0 saturated carbocycles. The van der Waals surface area contributed by atoms with Gasteiger partial charge in [0.1, 0.15) is 6.54 Å². The Kier molecular flexibility index (Phi) is 5.31. The van der Waals surface area contributed by atoms with Crippen molar-refractivity contribution in [1.82, 2.24) is 45.0 Å². The van der Waals surface area contributed by atoms with E-state index < -0.39 is 0 Å². The maximum absolute atomic E-state index is 11.2. The van der Waals surface area contributed by atoms with Crippen molar-refractivity contribution in [3.63, 3.8) is 0 Å². The van der Waals surface area contributed by atoms with Gasteiger partial charge in [-0.2, -0.15) is 9.90 Å². The molecule has 10 nitrogen and oxygen atoms in total. The Hall–Kier alpha value is -2.82. The van der Waals surface area contributed by atoms with Crippen molar-refractivity contribution in [2.75, 3.05) is 0 Å². The molecule has 0 radical (unpaired) electrons. The van der Waals surface area contributed by atoms with Crippen LogP contribution in [0.3, 0.4) is 0 Å². The highest BCUT2D eigenvalue weighted by Crippen LogP contribution is 2.31. The molecule has 0 atom stereocenters. The Bertz CT molecular complexity index is 1170. The van der Waals surface area contributed by atoms with E-state index in [2.05, 4.69) is 30.8 Å². The second-order valence-corrected chi connectivity index (χ2v) is 7.36. The molecule has 0 amide bonds. The molecule has 0 N–H and O–H groups in total. The molecular weight excluding hydrogens is 441 g/mol. The number of tetrazole rings is 1. The van der Waals surface area contributed by atoms with E-state index in [0.29, 0.717) is 38.8 Å². The van der Waals surface area contributed by atoms with Gasteiger partial charge < -0.3 is 0 Å². The van der Waals surface area contributed by atoms with Crippen LogP contribution < -0.4 is 0 Å². The molecule has 4 aromatic rings. The molecule has 4 rings (SSSR count). The lowest BCUT2D eigenvalue weighted by atomic mass is 10.2. The zero-order valence-corrected chi connectivity index (χ0v) is 17.1. The highest BCUT2D eigenvalue weighted by atomic mass is 35.5. The number of aromatic nitrogens is 9. The quantitative estimate of drug-likeness (QED) is 0.414. The number of hydrogen-bond donors (Lipinski definition) is 0. The van der Waals surface area contributed by atoms with Crippen molar-refractivity contribution in [3.8, 4) is 17.2 Å². The van der Waals surface area contributed by atoms with Gasteiger partial charge in [0.2, 0.25) is 5.82 Å². The predicted molar refractivity (Wildman–Crippen MR) is 105 cm³/mol. The molecule has 0 bridgehead atoms. The number of rotatable bonds is 6. The summed E-state index contributed by atoms with van der Waals surface area (Å²) < 4.78 is 3.15. The molecule has 0 saturated heterocycles. The molecule has 3 heterocycles.